The highest BCUT2D eigenvalue weighted by Gasteiger charge is 2.21. The topological polar surface area (TPSA) is 50.3 Å². The van der Waals surface area contributed by atoms with Gasteiger partial charge in [-0.05, 0) is 30.5 Å². The highest BCUT2D eigenvalue weighted by atomic mass is 19.1. The first-order valence-corrected chi connectivity index (χ1v) is 8.86. The first kappa shape index (κ1) is 17.8. The van der Waals surface area contributed by atoms with Crippen LogP contribution in [0.3, 0.4) is 0 Å². The Kier molecular flexibility index (Phi) is 6.30. The standard InChI is InChI=1S/C19H25FN4O/c1-2-6-21-19-22-11-16(12-23-19)13-24-7-8-25-18(14-24)10-15-4-3-5-17(20)9-15/h3-5,9,11-12,18H,2,6-8,10,13-14H2,1H3,(H,21,22,23)/t18-/m1/s1. The average molecular weight is 344 g/mol. The monoisotopic (exact) mass is 344 g/mol. The summed E-state index contributed by atoms with van der Waals surface area (Å²) >= 11 is 0. The fourth-order valence-corrected chi connectivity index (χ4v) is 3.00. The lowest BCUT2D eigenvalue weighted by Crippen LogP contribution is -2.42. The number of ether oxygens (including phenoxy) is 1. The molecule has 1 saturated heterocycles. The van der Waals surface area contributed by atoms with Crippen molar-refractivity contribution < 1.29 is 9.13 Å². The van der Waals surface area contributed by atoms with Gasteiger partial charge in [0.05, 0.1) is 12.7 Å². The van der Waals surface area contributed by atoms with Gasteiger partial charge in [-0.2, -0.15) is 0 Å². The normalized spacial score (nSPS) is 18.2. The van der Waals surface area contributed by atoms with Crippen LogP contribution in [-0.4, -0.2) is 47.2 Å². The van der Waals surface area contributed by atoms with E-state index in [1.807, 2.05) is 18.5 Å². The molecule has 1 aromatic heterocycles. The largest absolute Gasteiger partial charge is 0.375 e. The number of nitrogens with one attached hydrogen (secondary N) is 1. The second kappa shape index (κ2) is 8.87. The number of halogens is 1. The minimum atomic E-state index is -0.195. The molecule has 0 bridgehead atoms. The number of hydrogen-bond donors (Lipinski definition) is 1. The van der Waals surface area contributed by atoms with Crippen LogP contribution >= 0.6 is 0 Å². The van der Waals surface area contributed by atoms with E-state index >= 15 is 0 Å². The number of hydrogen-bond acceptors (Lipinski definition) is 5. The minimum absolute atomic E-state index is 0.0852. The number of nitrogens with zero attached hydrogens (tertiary/aromatic N) is 3. The molecule has 0 amide bonds. The molecular weight excluding hydrogens is 319 g/mol. The summed E-state index contributed by atoms with van der Waals surface area (Å²) in [5.41, 5.74) is 2.06. The zero-order valence-corrected chi connectivity index (χ0v) is 14.6. The van der Waals surface area contributed by atoms with E-state index in [-0.39, 0.29) is 11.9 Å². The van der Waals surface area contributed by atoms with Gasteiger partial charge in [0, 0.05) is 44.1 Å². The summed E-state index contributed by atoms with van der Waals surface area (Å²) in [4.78, 5) is 11.1. The van der Waals surface area contributed by atoms with Gasteiger partial charge < -0.3 is 10.1 Å². The van der Waals surface area contributed by atoms with E-state index in [1.165, 1.54) is 6.07 Å². The Hall–Kier alpha value is -2.05. The second-order valence-electron chi connectivity index (χ2n) is 6.40. The number of rotatable bonds is 7. The molecule has 2 aromatic rings. The van der Waals surface area contributed by atoms with Crippen LogP contribution in [0, 0.1) is 5.82 Å². The maximum Gasteiger partial charge on any atom is 0.222 e. The minimum Gasteiger partial charge on any atom is -0.375 e. The van der Waals surface area contributed by atoms with Crippen molar-refractivity contribution >= 4 is 5.95 Å². The van der Waals surface area contributed by atoms with Crippen LogP contribution < -0.4 is 5.32 Å². The van der Waals surface area contributed by atoms with Crippen LogP contribution in [0.4, 0.5) is 10.3 Å². The molecule has 25 heavy (non-hydrogen) atoms. The van der Waals surface area contributed by atoms with Crippen LogP contribution in [0.15, 0.2) is 36.7 Å². The first-order chi connectivity index (χ1) is 12.2. The van der Waals surface area contributed by atoms with Crippen molar-refractivity contribution in [3.05, 3.63) is 53.6 Å². The fourth-order valence-electron chi connectivity index (χ4n) is 3.00. The highest BCUT2D eigenvalue weighted by Crippen LogP contribution is 2.15. The van der Waals surface area contributed by atoms with E-state index in [9.17, 15) is 4.39 Å². The van der Waals surface area contributed by atoms with Gasteiger partial charge in [0.1, 0.15) is 5.82 Å². The van der Waals surface area contributed by atoms with Crippen LogP contribution in [0.1, 0.15) is 24.5 Å². The lowest BCUT2D eigenvalue weighted by atomic mass is 10.1. The molecule has 1 atom stereocenters. The number of aromatic nitrogens is 2. The van der Waals surface area contributed by atoms with Gasteiger partial charge in [-0.15, -0.1) is 0 Å². The van der Waals surface area contributed by atoms with E-state index in [4.69, 9.17) is 4.74 Å². The van der Waals surface area contributed by atoms with E-state index in [0.29, 0.717) is 12.6 Å². The van der Waals surface area contributed by atoms with Crippen molar-refractivity contribution in [1.29, 1.82) is 0 Å². The lowest BCUT2D eigenvalue weighted by Gasteiger charge is -2.33. The summed E-state index contributed by atoms with van der Waals surface area (Å²) < 4.78 is 19.2. The highest BCUT2D eigenvalue weighted by molar-refractivity contribution is 5.24. The van der Waals surface area contributed by atoms with Gasteiger partial charge in [0.15, 0.2) is 0 Å². The third-order valence-corrected chi connectivity index (χ3v) is 4.22. The Morgan fingerprint density at radius 3 is 2.88 bits per heavy atom. The van der Waals surface area contributed by atoms with E-state index < -0.39 is 0 Å². The Morgan fingerprint density at radius 2 is 2.12 bits per heavy atom. The fraction of sp³-hybridized carbons (Fsp3) is 0.474. The summed E-state index contributed by atoms with van der Waals surface area (Å²) in [6.45, 7) is 6.19. The third-order valence-electron chi connectivity index (χ3n) is 4.22. The SMILES string of the molecule is CCCNc1ncc(CN2CCO[C@H](Cc3cccc(F)c3)C2)cn1. The van der Waals surface area contributed by atoms with Gasteiger partial charge in [-0.3, -0.25) is 4.90 Å². The Balaban J connectivity index is 1.52. The molecule has 0 spiro atoms. The predicted octanol–water partition coefficient (Wildman–Crippen LogP) is 2.88. The van der Waals surface area contributed by atoms with Gasteiger partial charge >= 0.3 is 0 Å². The van der Waals surface area contributed by atoms with Gasteiger partial charge in [-0.1, -0.05) is 19.1 Å². The Labute approximate surface area is 148 Å². The van der Waals surface area contributed by atoms with Crippen LogP contribution in [0.5, 0.6) is 0 Å². The smallest absolute Gasteiger partial charge is 0.222 e. The molecule has 0 unspecified atom stereocenters. The summed E-state index contributed by atoms with van der Waals surface area (Å²) in [6, 6.07) is 6.74. The summed E-state index contributed by atoms with van der Waals surface area (Å²) in [5, 5.41) is 3.18. The second-order valence-corrected chi connectivity index (χ2v) is 6.40. The zero-order chi connectivity index (χ0) is 17.5. The molecule has 3 rings (SSSR count). The van der Waals surface area contributed by atoms with Crippen molar-refractivity contribution in [3.63, 3.8) is 0 Å². The van der Waals surface area contributed by atoms with Crippen molar-refractivity contribution in [3.8, 4) is 0 Å². The first-order valence-electron chi connectivity index (χ1n) is 8.86. The van der Waals surface area contributed by atoms with Crippen molar-refractivity contribution in [2.24, 2.45) is 0 Å². The molecule has 6 heteroatoms. The zero-order valence-electron chi connectivity index (χ0n) is 14.6. The molecular formula is C19H25FN4O. The van der Waals surface area contributed by atoms with Crippen LogP contribution in [0.25, 0.3) is 0 Å². The molecule has 0 saturated carbocycles. The van der Waals surface area contributed by atoms with Crippen molar-refractivity contribution in [2.45, 2.75) is 32.4 Å². The molecule has 0 aliphatic carbocycles. The third kappa shape index (κ3) is 5.47. The Bertz CT molecular complexity index is 665. The quantitative estimate of drug-likeness (QED) is 0.837. The average Bonchev–Trinajstić information content (AvgIpc) is 2.61. The van der Waals surface area contributed by atoms with E-state index in [1.54, 1.807) is 12.1 Å². The molecule has 5 nitrogen and oxygen atoms in total. The predicted molar refractivity (Wildman–Crippen MR) is 95.9 cm³/mol. The molecule has 134 valence electrons. The molecule has 1 aliphatic rings. The summed E-state index contributed by atoms with van der Waals surface area (Å²) in [7, 11) is 0. The molecule has 1 N–H and O–H groups in total. The summed E-state index contributed by atoms with van der Waals surface area (Å²) in [6.07, 6.45) is 5.61. The molecule has 1 fully saturated rings. The molecule has 1 aliphatic heterocycles. The number of benzene rings is 1. The maximum absolute atomic E-state index is 13.3. The van der Waals surface area contributed by atoms with Gasteiger partial charge in [-0.25, -0.2) is 14.4 Å². The van der Waals surface area contributed by atoms with Crippen LogP contribution in [-0.2, 0) is 17.7 Å². The van der Waals surface area contributed by atoms with Crippen molar-refractivity contribution in [1.82, 2.24) is 14.9 Å². The van der Waals surface area contributed by atoms with Crippen molar-refractivity contribution in [2.75, 3.05) is 31.6 Å². The van der Waals surface area contributed by atoms with E-state index in [2.05, 4.69) is 27.1 Å². The molecule has 2 heterocycles. The maximum atomic E-state index is 13.3. The molecule has 0 radical (unpaired) electrons. The van der Waals surface area contributed by atoms with Gasteiger partial charge in [0.2, 0.25) is 5.95 Å². The summed E-state index contributed by atoms with van der Waals surface area (Å²) in [5.74, 6) is 0.482. The number of morpholine rings is 1. The van der Waals surface area contributed by atoms with Crippen LogP contribution in [0.2, 0.25) is 0 Å². The number of anilines is 1. The lowest BCUT2D eigenvalue weighted by molar-refractivity contribution is -0.0305. The van der Waals surface area contributed by atoms with Gasteiger partial charge in [0.25, 0.3) is 0 Å². The van der Waals surface area contributed by atoms with E-state index in [0.717, 1.165) is 50.1 Å². The Morgan fingerprint density at radius 1 is 1.28 bits per heavy atom. The molecule has 1 aromatic carbocycles.